The number of aliphatic hydroxyl groups excluding tert-OH is 1. The summed E-state index contributed by atoms with van der Waals surface area (Å²) in [5.41, 5.74) is 7.36. The zero-order valence-electron chi connectivity index (χ0n) is 20.0. The summed E-state index contributed by atoms with van der Waals surface area (Å²) in [5.74, 6) is -3.56. The minimum atomic E-state index is -1.42. The molecule has 5 unspecified atom stereocenters. The van der Waals surface area contributed by atoms with Crippen LogP contribution in [0.2, 0.25) is 0 Å². The maximum Gasteiger partial charge on any atom is 0.325 e. The maximum atomic E-state index is 13.0. The molecule has 0 saturated heterocycles. The zero-order valence-corrected chi connectivity index (χ0v) is 20.0. The van der Waals surface area contributed by atoms with Crippen LogP contribution < -0.4 is 21.7 Å². The van der Waals surface area contributed by atoms with Crippen molar-refractivity contribution in [3.8, 4) is 5.75 Å². The Balaban J connectivity index is 2.15. The molecule has 0 bridgehead atoms. The van der Waals surface area contributed by atoms with Crippen LogP contribution in [0.3, 0.4) is 0 Å². The summed E-state index contributed by atoms with van der Waals surface area (Å²) in [6.07, 6.45) is -1.16. The van der Waals surface area contributed by atoms with E-state index in [4.69, 9.17) is 10.8 Å². The Bertz CT molecular complexity index is 1040. The number of aliphatic carboxylic acids is 1. The van der Waals surface area contributed by atoms with Crippen molar-refractivity contribution in [2.45, 2.75) is 57.0 Å². The lowest BCUT2D eigenvalue weighted by atomic mass is 10.0. The fraction of sp³-hybridized carbons (Fsp3) is 0.360. The number of phenolic OH excluding ortho intramolecular Hbond substituents is 1. The van der Waals surface area contributed by atoms with Crippen molar-refractivity contribution in [2.75, 3.05) is 0 Å². The molecule has 0 spiro atoms. The lowest BCUT2D eigenvalue weighted by molar-refractivity contribution is -0.142. The minimum absolute atomic E-state index is 0.00649. The molecule has 0 heterocycles. The van der Waals surface area contributed by atoms with E-state index >= 15 is 0 Å². The van der Waals surface area contributed by atoms with Crippen LogP contribution in [0.5, 0.6) is 5.75 Å². The molecule has 3 amide bonds. The molecule has 0 aliphatic heterocycles. The van der Waals surface area contributed by atoms with Crippen LogP contribution in [-0.2, 0) is 32.0 Å². The Morgan fingerprint density at radius 1 is 0.806 bits per heavy atom. The number of hydrogen-bond donors (Lipinski definition) is 7. The minimum Gasteiger partial charge on any atom is -0.508 e. The van der Waals surface area contributed by atoms with Crippen molar-refractivity contribution >= 4 is 23.7 Å². The Morgan fingerprint density at radius 2 is 1.39 bits per heavy atom. The first-order chi connectivity index (χ1) is 17.0. The molecule has 0 saturated carbocycles. The summed E-state index contributed by atoms with van der Waals surface area (Å²) >= 11 is 0. The quantitative estimate of drug-likeness (QED) is 0.202. The average molecular weight is 501 g/mol. The highest BCUT2D eigenvalue weighted by Gasteiger charge is 2.32. The van der Waals surface area contributed by atoms with E-state index in [1.54, 1.807) is 36.4 Å². The first-order valence-electron chi connectivity index (χ1n) is 11.4. The SMILES string of the molecule is CC(NC(=O)C(Cc1ccc(O)cc1)NC(=O)C(NC(=O)C(N)Cc1ccccc1)C(C)O)C(=O)O. The molecular weight excluding hydrogens is 468 g/mol. The van der Waals surface area contributed by atoms with E-state index in [0.29, 0.717) is 5.56 Å². The van der Waals surface area contributed by atoms with Gasteiger partial charge in [-0.1, -0.05) is 42.5 Å². The van der Waals surface area contributed by atoms with E-state index in [9.17, 15) is 29.4 Å². The molecule has 0 aliphatic rings. The lowest BCUT2D eigenvalue weighted by Crippen LogP contribution is -2.60. The van der Waals surface area contributed by atoms with Crippen LogP contribution in [0.1, 0.15) is 25.0 Å². The summed E-state index contributed by atoms with van der Waals surface area (Å²) in [4.78, 5) is 49.6. The number of carboxylic acid groups (broad SMARTS) is 1. The summed E-state index contributed by atoms with van der Waals surface area (Å²) in [6.45, 7) is 2.57. The van der Waals surface area contributed by atoms with E-state index < -0.39 is 54.0 Å². The second kappa shape index (κ2) is 13.2. The number of phenols is 1. The fourth-order valence-corrected chi connectivity index (χ4v) is 3.34. The Morgan fingerprint density at radius 3 is 1.94 bits per heavy atom. The van der Waals surface area contributed by atoms with Crippen LogP contribution >= 0.6 is 0 Å². The van der Waals surface area contributed by atoms with E-state index in [2.05, 4.69) is 16.0 Å². The smallest absolute Gasteiger partial charge is 0.325 e. The summed E-state index contributed by atoms with van der Waals surface area (Å²) < 4.78 is 0. The third kappa shape index (κ3) is 8.67. The van der Waals surface area contributed by atoms with Crippen LogP contribution in [-0.4, -0.2) is 69.3 Å². The van der Waals surface area contributed by atoms with Gasteiger partial charge in [-0.3, -0.25) is 19.2 Å². The number of benzene rings is 2. The second-order valence-corrected chi connectivity index (χ2v) is 8.52. The van der Waals surface area contributed by atoms with Gasteiger partial charge in [-0.2, -0.15) is 0 Å². The van der Waals surface area contributed by atoms with Crippen LogP contribution in [0.4, 0.5) is 0 Å². The van der Waals surface area contributed by atoms with Gasteiger partial charge in [0.05, 0.1) is 12.1 Å². The molecule has 0 radical (unpaired) electrons. The average Bonchev–Trinajstić information content (AvgIpc) is 2.83. The normalized spacial score (nSPS) is 15.0. The number of hydrogen-bond acceptors (Lipinski definition) is 7. The molecule has 5 atom stereocenters. The van der Waals surface area contributed by atoms with E-state index in [-0.39, 0.29) is 18.6 Å². The molecule has 11 nitrogen and oxygen atoms in total. The highest BCUT2D eigenvalue weighted by atomic mass is 16.4. The van der Waals surface area contributed by atoms with E-state index in [0.717, 1.165) is 5.56 Å². The Hall–Kier alpha value is -3.96. The fourth-order valence-electron chi connectivity index (χ4n) is 3.34. The van der Waals surface area contributed by atoms with Crippen molar-refractivity contribution < 1.29 is 34.5 Å². The number of nitrogens with two attached hydrogens (primary N) is 1. The molecular formula is C25H32N4O7. The van der Waals surface area contributed by atoms with Crippen molar-refractivity contribution in [3.05, 3.63) is 65.7 Å². The van der Waals surface area contributed by atoms with Gasteiger partial charge < -0.3 is 37.0 Å². The molecule has 8 N–H and O–H groups in total. The summed E-state index contributed by atoms with van der Waals surface area (Å²) in [6, 6.07) is 10.0. The lowest BCUT2D eigenvalue weighted by Gasteiger charge is -2.26. The number of amides is 3. The van der Waals surface area contributed by atoms with Crippen molar-refractivity contribution in [3.63, 3.8) is 0 Å². The van der Waals surface area contributed by atoms with Crippen molar-refractivity contribution in [1.29, 1.82) is 0 Å². The van der Waals surface area contributed by atoms with Gasteiger partial charge in [0.25, 0.3) is 0 Å². The van der Waals surface area contributed by atoms with Crippen LogP contribution in [0.25, 0.3) is 0 Å². The molecule has 0 aromatic heterocycles. The van der Waals surface area contributed by atoms with Gasteiger partial charge in [0.1, 0.15) is 23.9 Å². The van der Waals surface area contributed by atoms with E-state index in [1.165, 1.54) is 26.0 Å². The number of carbonyl (C=O) groups is 4. The standard InChI is InChI=1S/C25H32N4O7/c1-14(25(35)36)27-23(33)20(13-17-8-10-18(31)11-9-17)28-24(34)21(15(2)30)29-22(32)19(26)12-16-6-4-3-5-7-16/h3-11,14-15,19-21,30-31H,12-13,26H2,1-2H3,(H,27,33)(H,28,34)(H,29,32)(H,35,36). The topological polar surface area (TPSA) is 191 Å². The monoisotopic (exact) mass is 500 g/mol. The van der Waals surface area contributed by atoms with Gasteiger partial charge in [-0.05, 0) is 43.5 Å². The highest BCUT2D eigenvalue weighted by Crippen LogP contribution is 2.12. The van der Waals surface area contributed by atoms with Gasteiger partial charge in [0, 0.05) is 6.42 Å². The predicted molar refractivity (Wildman–Crippen MR) is 131 cm³/mol. The number of carbonyl (C=O) groups excluding carboxylic acids is 3. The molecule has 36 heavy (non-hydrogen) atoms. The number of aromatic hydroxyl groups is 1. The van der Waals surface area contributed by atoms with Crippen LogP contribution in [0.15, 0.2) is 54.6 Å². The highest BCUT2D eigenvalue weighted by molar-refractivity contribution is 5.94. The van der Waals surface area contributed by atoms with Gasteiger partial charge in [0.15, 0.2) is 0 Å². The Kier molecular flexibility index (Phi) is 10.4. The number of carboxylic acids is 1. The first kappa shape index (κ1) is 28.3. The molecule has 2 rings (SSSR count). The van der Waals surface area contributed by atoms with Gasteiger partial charge in [-0.15, -0.1) is 0 Å². The van der Waals surface area contributed by atoms with E-state index in [1.807, 2.05) is 6.07 Å². The third-order valence-corrected chi connectivity index (χ3v) is 5.44. The number of rotatable bonds is 12. The van der Waals surface area contributed by atoms with Gasteiger partial charge >= 0.3 is 5.97 Å². The number of aliphatic hydroxyl groups is 1. The molecule has 0 aliphatic carbocycles. The molecule has 2 aromatic carbocycles. The molecule has 194 valence electrons. The molecule has 11 heteroatoms. The third-order valence-electron chi connectivity index (χ3n) is 5.44. The molecule has 0 fully saturated rings. The van der Waals surface area contributed by atoms with Crippen LogP contribution in [0, 0.1) is 0 Å². The Labute approximate surface area is 208 Å². The van der Waals surface area contributed by atoms with Crippen molar-refractivity contribution in [2.24, 2.45) is 5.73 Å². The largest absolute Gasteiger partial charge is 0.508 e. The second-order valence-electron chi connectivity index (χ2n) is 8.52. The van der Waals surface area contributed by atoms with Gasteiger partial charge in [0.2, 0.25) is 17.7 Å². The maximum absolute atomic E-state index is 13.0. The first-order valence-corrected chi connectivity index (χ1v) is 11.4. The summed E-state index contributed by atoms with van der Waals surface area (Å²) in [7, 11) is 0. The summed E-state index contributed by atoms with van der Waals surface area (Å²) in [5, 5.41) is 36.0. The predicted octanol–water partition coefficient (Wildman–Crippen LogP) is -0.556. The van der Waals surface area contributed by atoms with Crippen molar-refractivity contribution in [1.82, 2.24) is 16.0 Å². The number of nitrogens with one attached hydrogen (secondary N) is 3. The van der Waals surface area contributed by atoms with Gasteiger partial charge in [-0.25, -0.2) is 0 Å². The molecule has 2 aromatic rings. The zero-order chi connectivity index (χ0) is 26.8.